The number of carbonyl (C=O) groups is 2. The molecule has 2 atom stereocenters. The van der Waals surface area contributed by atoms with Crippen molar-refractivity contribution >= 4 is 11.9 Å². The Labute approximate surface area is 121 Å². The van der Waals surface area contributed by atoms with Crippen LogP contribution < -0.4 is 0 Å². The molecule has 1 aromatic rings. The summed E-state index contributed by atoms with van der Waals surface area (Å²) >= 11 is 0. The predicted octanol–water partition coefficient (Wildman–Crippen LogP) is 0.531. The molecule has 1 aliphatic carbocycles. The highest BCUT2D eigenvalue weighted by atomic mass is 16.5. The maximum atomic E-state index is 12.5. The Morgan fingerprint density at radius 1 is 1.48 bits per heavy atom. The normalized spacial score (nSPS) is 24.1. The van der Waals surface area contributed by atoms with Crippen molar-refractivity contribution in [3.8, 4) is 0 Å². The summed E-state index contributed by atoms with van der Waals surface area (Å²) in [4.78, 5) is 24.9. The molecule has 2 aliphatic rings. The molecule has 1 saturated heterocycles. The molecule has 2 fully saturated rings. The average molecular weight is 295 g/mol. The molecule has 1 saturated carbocycles. The fourth-order valence-corrected chi connectivity index (χ4v) is 2.67. The third-order valence-electron chi connectivity index (χ3n) is 3.77. The van der Waals surface area contributed by atoms with Gasteiger partial charge in [0.05, 0.1) is 13.0 Å². The Hall–Kier alpha value is -1.96. The summed E-state index contributed by atoms with van der Waals surface area (Å²) in [6, 6.07) is -0.265. The van der Waals surface area contributed by atoms with Crippen LogP contribution in [0.4, 0.5) is 0 Å². The van der Waals surface area contributed by atoms with E-state index in [0.717, 1.165) is 12.8 Å². The van der Waals surface area contributed by atoms with Gasteiger partial charge in [-0.05, 0) is 18.8 Å². The second kappa shape index (κ2) is 5.44. The van der Waals surface area contributed by atoms with E-state index in [4.69, 9.17) is 14.3 Å². The third-order valence-corrected chi connectivity index (χ3v) is 3.77. The number of aromatic nitrogens is 2. The summed E-state index contributed by atoms with van der Waals surface area (Å²) in [6.07, 6.45) is 0.748. The Kier molecular flexibility index (Phi) is 3.62. The second-order valence-electron chi connectivity index (χ2n) is 5.43. The van der Waals surface area contributed by atoms with Crippen LogP contribution in [0.2, 0.25) is 0 Å². The van der Waals surface area contributed by atoms with Crippen molar-refractivity contribution in [2.75, 3.05) is 13.2 Å². The van der Waals surface area contributed by atoms with Gasteiger partial charge in [0.1, 0.15) is 12.1 Å². The van der Waals surface area contributed by atoms with Gasteiger partial charge in [-0.3, -0.25) is 9.59 Å². The topological polar surface area (TPSA) is 106 Å². The summed E-state index contributed by atoms with van der Waals surface area (Å²) in [5, 5.41) is 16.7. The Balaban J connectivity index is 1.82. The van der Waals surface area contributed by atoms with Crippen LogP contribution >= 0.6 is 0 Å². The largest absolute Gasteiger partial charge is 0.481 e. The number of nitrogens with zero attached hydrogens (tertiary/aromatic N) is 3. The number of aryl methyl sites for hydroxylation is 1. The van der Waals surface area contributed by atoms with E-state index in [1.807, 2.05) is 0 Å². The first-order valence-corrected chi connectivity index (χ1v) is 7.00. The Morgan fingerprint density at radius 2 is 2.24 bits per heavy atom. The van der Waals surface area contributed by atoms with Crippen LogP contribution in [-0.4, -0.2) is 51.3 Å². The highest BCUT2D eigenvalue weighted by Gasteiger charge is 2.45. The van der Waals surface area contributed by atoms with Crippen LogP contribution in [0.1, 0.15) is 37.1 Å². The fraction of sp³-hybridized carbons (Fsp3) is 0.692. The first-order valence-electron chi connectivity index (χ1n) is 7.00. The van der Waals surface area contributed by atoms with Crippen LogP contribution in [0.3, 0.4) is 0 Å². The number of ether oxygens (including phenoxy) is 1. The summed E-state index contributed by atoms with van der Waals surface area (Å²) in [7, 11) is 0. The standard InChI is InChI=1S/C13H17N3O5/c1-7-14-15-12(21-7)11(8-2-3-8)16-4-5-20-9(13(16)19)6-10(17)18/h8-9,11H,2-6H2,1H3,(H,17,18). The van der Waals surface area contributed by atoms with E-state index >= 15 is 0 Å². The summed E-state index contributed by atoms with van der Waals surface area (Å²) in [5.74, 6) is -0.168. The van der Waals surface area contributed by atoms with Gasteiger partial charge in [0, 0.05) is 13.5 Å². The number of aliphatic carboxylic acids is 1. The van der Waals surface area contributed by atoms with E-state index in [-0.39, 0.29) is 18.4 Å². The van der Waals surface area contributed by atoms with Crippen LogP contribution in [0, 0.1) is 12.8 Å². The molecule has 8 heteroatoms. The Bertz CT molecular complexity index is 554. The lowest BCUT2D eigenvalue weighted by Gasteiger charge is -2.36. The van der Waals surface area contributed by atoms with E-state index in [0.29, 0.717) is 30.9 Å². The monoisotopic (exact) mass is 295 g/mol. The van der Waals surface area contributed by atoms with E-state index in [1.54, 1.807) is 11.8 Å². The van der Waals surface area contributed by atoms with Crippen molar-refractivity contribution in [2.45, 2.75) is 38.3 Å². The van der Waals surface area contributed by atoms with Crippen LogP contribution in [-0.2, 0) is 14.3 Å². The molecule has 1 aliphatic heterocycles. The number of amides is 1. The van der Waals surface area contributed by atoms with Gasteiger partial charge < -0.3 is 19.2 Å². The highest BCUT2D eigenvalue weighted by molar-refractivity contribution is 5.86. The summed E-state index contributed by atoms with van der Waals surface area (Å²) in [6.45, 7) is 2.44. The van der Waals surface area contributed by atoms with Crippen molar-refractivity contribution in [3.05, 3.63) is 11.8 Å². The first kappa shape index (κ1) is 14.0. The molecule has 1 amide bonds. The average Bonchev–Trinajstić information content (AvgIpc) is 3.16. The van der Waals surface area contributed by atoms with Crippen LogP contribution in [0.5, 0.6) is 0 Å². The molecule has 21 heavy (non-hydrogen) atoms. The zero-order valence-corrected chi connectivity index (χ0v) is 11.7. The quantitative estimate of drug-likeness (QED) is 0.844. The second-order valence-corrected chi connectivity index (χ2v) is 5.43. The van der Waals surface area contributed by atoms with Gasteiger partial charge in [0.2, 0.25) is 11.8 Å². The van der Waals surface area contributed by atoms with Gasteiger partial charge >= 0.3 is 5.97 Å². The van der Waals surface area contributed by atoms with Gasteiger partial charge in [0.15, 0.2) is 0 Å². The van der Waals surface area contributed by atoms with Gasteiger partial charge in [-0.1, -0.05) is 0 Å². The van der Waals surface area contributed by atoms with Gasteiger partial charge in [-0.25, -0.2) is 0 Å². The van der Waals surface area contributed by atoms with E-state index in [1.165, 1.54) is 0 Å². The number of hydrogen-bond acceptors (Lipinski definition) is 6. The SMILES string of the molecule is Cc1nnc(C(C2CC2)N2CCOC(CC(=O)O)C2=O)o1. The number of carboxylic acid groups (broad SMARTS) is 1. The van der Waals surface area contributed by atoms with Crippen molar-refractivity contribution in [3.63, 3.8) is 0 Å². The summed E-state index contributed by atoms with van der Waals surface area (Å²) < 4.78 is 10.8. The molecule has 0 bridgehead atoms. The maximum absolute atomic E-state index is 12.5. The van der Waals surface area contributed by atoms with Crippen molar-refractivity contribution in [2.24, 2.45) is 5.92 Å². The lowest BCUT2D eigenvalue weighted by molar-refractivity contribution is -0.163. The van der Waals surface area contributed by atoms with Crippen molar-refractivity contribution < 1.29 is 23.8 Å². The minimum absolute atomic E-state index is 0.265. The van der Waals surface area contributed by atoms with E-state index in [2.05, 4.69) is 10.2 Å². The molecule has 2 unspecified atom stereocenters. The number of rotatable bonds is 5. The van der Waals surface area contributed by atoms with E-state index in [9.17, 15) is 9.59 Å². The number of morpholine rings is 1. The molecule has 2 heterocycles. The summed E-state index contributed by atoms with van der Waals surface area (Å²) in [5.41, 5.74) is 0. The molecule has 0 aromatic carbocycles. The lowest BCUT2D eigenvalue weighted by Crippen LogP contribution is -2.50. The molecule has 1 N–H and O–H groups in total. The van der Waals surface area contributed by atoms with Crippen molar-refractivity contribution in [1.82, 2.24) is 15.1 Å². The van der Waals surface area contributed by atoms with Gasteiger partial charge in [-0.15, -0.1) is 10.2 Å². The molecule has 0 radical (unpaired) electrons. The van der Waals surface area contributed by atoms with E-state index < -0.39 is 12.1 Å². The van der Waals surface area contributed by atoms with Crippen LogP contribution in [0.25, 0.3) is 0 Å². The van der Waals surface area contributed by atoms with Gasteiger partial charge in [-0.2, -0.15) is 0 Å². The van der Waals surface area contributed by atoms with Gasteiger partial charge in [0.25, 0.3) is 5.91 Å². The molecular weight excluding hydrogens is 278 g/mol. The lowest BCUT2D eigenvalue weighted by atomic mass is 10.1. The fourth-order valence-electron chi connectivity index (χ4n) is 2.67. The maximum Gasteiger partial charge on any atom is 0.306 e. The number of hydrogen-bond donors (Lipinski definition) is 1. The molecular formula is C13H17N3O5. The Morgan fingerprint density at radius 3 is 2.81 bits per heavy atom. The minimum Gasteiger partial charge on any atom is -0.481 e. The first-order chi connectivity index (χ1) is 10.1. The third kappa shape index (κ3) is 2.90. The molecule has 114 valence electrons. The minimum atomic E-state index is -1.05. The smallest absolute Gasteiger partial charge is 0.306 e. The molecule has 1 aromatic heterocycles. The van der Waals surface area contributed by atoms with Crippen LogP contribution in [0.15, 0.2) is 4.42 Å². The molecule has 3 rings (SSSR count). The highest BCUT2D eigenvalue weighted by Crippen LogP contribution is 2.44. The van der Waals surface area contributed by atoms with Crippen molar-refractivity contribution in [1.29, 1.82) is 0 Å². The molecule has 8 nitrogen and oxygen atoms in total. The number of carbonyl (C=O) groups excluding carboxylic acids is 1. The predicted molar refractivity (Wildman–Crippen MR) is 68.2 cm³/mol. The zero-order chi connectivity index (χ0) is 15.0. The zero-order valence-electron chi connectivity index (χ0n) is 11.7. The molecule has 0 spiro atoms. The number of carboxylic acids is 1.